The first kappa shape index (κ1) is 10.7. The van der Waals surface area contributed by atoms with Gasteiger partial charge in [-0.05, 0) is 19.2 Å². The SMILES string of the molecule is CNCC(C)C(=N)c1ccccc1O. The van der Waals surface area contributed by atoms with Gasteiger partial charge in [0.2, 0.25) is 0 Å². The Balaban J connectivity index is 2.84. The molecule has 0 fully saturated rings. The highest BCUT2D eigenvalue weighted by atomic mass is 16.3. The number of aromatic hydroxyl groups is 1. The minimum Gasteiger partial charge on any atom is -0.507 e. The van der Waals surface area contributed by atoms with Gasteiger partial charge in [0, 0.05) is 23.7 Å². The van der Waals surface area contributed by atoms with Gasteiger partial charge in [-0.2, -0.15) is 0 Å². The summed E-state index contributed by atoms with van der Waals surface area (Å²) in [7, 11) is 1.86. The van der Waals surface area contributed by atoms with Gasteiger partial charge in [-0.3, -0.25) is 0 Å². The van der Waals surface area contributed by atoms with Gasteiger partial charge < -0.3 is 15.8 Å². The van der Waals surface area contributed by atoms with Crippen molar-refractivity contribution in [2.45, 2.75) is 6.92 Å². The van der Waals surface area contributed by atoms with Crippen LogP contribution >= 0.6 is 0 Å². The molecule has 1 aromatic rings. The molecule has 1 aromatic carbocycles. The first-order valence-corrected chi connectivity index (χ1v) is 4.68. The van der Waals surface area contributed by atoms with Crippen molar-refractivity contribution in [3.8, 4) is 5.75 Å². The highest BCUT2D eigenvalue weighted by molar-refractivity contribution is 6.02. The van der Waals surface area contributed by atoms with Crippen molar-refractivity contribution in [3.05, 3.63) is 29.8 Å². The number of hydrogen-bond donors (Lipinski definition) is 3. The molecule has 76 valence electrons. The van der Waals surface area contributed by atoms with E-state index in [4.69, 9.17) is 5.41 Å². The summed E-state index contributed by atoms with van der Waals surface area (Å²) in [5.41, 5.74) is 1.09. The Kier molecular flexibility index (Phi) is 3.65. The van der Waals surface area contributed by atoms with E-state index in [1.807, 2.05) is 20.0 Å². The van der Waals surface area contributed by atoms with Gasteiger partial charge >= 0.3 is 0 Å². The maximum absolute atomic E-state index is 9.54. The Morgan fingerprint density at radius 2 is 2.14 bits per heavy atom. The van der Waals surface area contributed by atoms with Crippen molar-refractivity contribution in [2.75, 3.05) is 13.6 Å². The predicted molar refractivity (Wildman–Crippen MR) is 58.0 cm³/mol. The quantitative estimate of drug-likeness (QED) is 0.635. The lowest BCUT2D eigenvalue weighted by Gasteiger charge is -2.13. The molecule has 3 heteroatoms. The molecule has 1 rings (SSSR count). The van der Waals surface area contributed by atoms with Crippen LogP contribution in [0.15, 0.2) is 24.3 Å². The molecule has 0 heterocycles. The van der Waals surface area contributed by atoms with Crippen LogP contribution in [0.3, 0.4) is 0 Å². The molecule has 0 aliphatic carbocycles. The third-order valence-electron chi connectivity index (χ3n) is 2.20. The van der Waals surface area contributed by atoms with Gasteiger partial charge in [-0.15, -0.1) is 0 Å². The summed E-state index contributed by atoms with van der Waals surface area (Å²) in [5, 5.41) is 20.4. The molecular weight excluding hydrogens is 176 g/mol. The van der Waals surface area contributed by atoms with Crippen LogP contribution in [-0.2, 0) is 0 Å². The number of para-hydroxylation sites is 1. The van der Waals surface area contributed by atoms with Crippen molar-refractivity contribution in [2.24, 2.45) is 5.92 Å². The molecule has 1 atom stereocenters. The van der Waals surface area contributed by atoms with Crippen molar-refractivity contribution in [1.29, 1.82) is 5.41 Å². The summed E-state index contributed by atoms with van der Waals surface area (Å²) in [6, 6.07) is 6.96. The highest BCUT2D eigenvalue weighted by Crippen LogP contribution is 2.19. The Morgan fingerprint density at radius 1 is 1.50 bits per heavy atom. The number of benzene rings is 1. The van der Waals surface area contributed by atoms with Gasteiger partial charge in [0.15, 0.2) is 0 Å². The fraction of sp³-hybridized carbons (Fsp3) is 0.364. The van der Waals surface area contributed by atoms with E-state index >= 15 is 0 Å². The zero-order valence-electron chi connectivity index (χ0n) is 8.54. The van der Waals surface area contributed by atoms with Crippen LogP contribution < -0.4 is 5.32 Å². The molecule has 0 bridgehead atoms. The van der Waals surface area contributed by atoms with Gasteiger partial charge in [-0.1, -0.05) is 19.1 Å². The lowest BCUT2D eigenvalue weighted by molar-refractivity contribution is 0.473. The van der Waals surface area contributed by atoms with Gasteiger partial charge in [-0.25, -0.2) is 0 Å². The van der Waals surface area contributed by atoms with E-state index in [9.17, 15) is 5.11 Å². The van der Waals surface area contributed by atoms with Crippen molar-refractivity contribution < 1.29 is 5.11 Å². The van der Waals surface area contributed by atoms with E-state index < -0.39 is 0 Å². The lowest BCUT2D eigenvalue weighted by Crippen LogP contribution is -2.23. The maximum Gasteiger partial charge on any atom is 0.124 e. The molecule has 1 unspecified atom stereocenters. The number of hydrogen-bond acceptors (Lipinski definition) is 3. The summed E-state index contributed by atoms with van der Waals surface area (Å²) >= 11 is 0. The molecule has 0 saturated carbocycles. The molecule has 0 radical (unpaired) electrons. The number of phenolic OH excluding ortho intramolecular Hbond substituents is 1. The summed E-state index contributed by atoms with van der Waals surface area (Å²) in [6.45, 7) is 2.71. The maximum atomic E-state index is 9.54. The molecule has 0 amide bonds. The minimum atomic E-state index is 0.105. The standard InChI is InChI=1S/C11H16N2O/c1-8(7-13-2)11(12)9-5-3-4-6-10(9)14/h3-6,8,12-14H,7H2,1-2H3. The van der Waals surface area contributed by atoms with Gasteiger partial charge in [0.25, 0.3) is 0 Å². The van der Waals surface area contributed by atoms with Crippen LogP contribution in [0.25, 0.3) is 0 Å². The van der Waals surface area contributed by atoms with E-state index in [0.717, 1.165) is 6.54 Å². The van der Waals surface area contributed by atoms with E-state index in [1.54, 1.807) is 18.2 Å². The lowest BCUT2D eigenvalue weighted by atomic mass is 9.98. The second kappa shape index (κ2) is 4.77. The zero-order valence-corrected chi connectivity index (χ0v) is 8.54. The minimum absolute atomic E-state index is 0.105. The summed E-state index contributed by atoms with van der Waals surface area (Å²) in [4.78, 5) is 0. The smallest absolute Gasteiger partial charge is 0.124 e. The first-order valence-electron chi connectivity index (χ1n) is 4.68. The van der Waals surface area contributed by atoms with Crippen molar-refractivity contribution in [1.82, 2.24) is 5.32 Å². The zero-order chi connectivity index (χ0) is 10.6. The van der Waals surface area contributed by atoms with Crippen LogP contribution in [-0.4, -0.2) is 24.4 Å². The van der Waals surface area contributed by atoms with Crippen molar-refractivity contribution in [3.63, 3.8) is 0 Å². The Hall–Kier alpha value is -1.35. The molecule has 0 saturated heterocycles. The summed E-state index contributed by atoms with van der Waals surface area (Å²) in [5.74, 6) is 0.286. The van der Waals surface area contributed by atoms with Crippen molar-refractivity contribution >= 4 is 5.71 Å². The average Bonchev–Trinajstić information content (AvgIpc) is 2.18. The van der Waals surface area contributed by atoms with E-state index in [0.29, 0.717) is 11.3 Å². The number of rotatable bonds is 4. The monoisotopic (exact) mass is 192 g/mol. The molecule has 14 heavy (non-hydrogen) atoms. The average molecular weight is 192 g/mol. The van der Waals surface area contributed by atoms with Crippen LogP contribution in [0.5, 0.6) is 5.75 Å². The van der Waals surface area contributed by atoms with Gasteiger partial charge in [0.1, 0.15) is 5.75 Å². The largest absolute Gasteiger partial charge is 0.507 e. The first-order chi connectivity index (χ1) is 6.66. The molecule has 3 nitrogen and oxygen atoms in total. The van der Waals surface area contributed by atoms with Crippen LogP contribution in [0.4, 0.5) is 0 Å². The molecule has 0 aliphatic heterocycles. The van der Waals surface area contributed by atoms with E-state index in [-0.39, 0.29) is 11.7 Å². The molecule has 3 N–H and O–H groups in total. The summed E-state index contributed by atoms with van der Waals surface area (Å²) < 4.78 is 0. The second-order valence-electron chi connectivity index (χ2n) is 3.39. The Labute approximate surface area is 84.3 Å². The Morgan fingerprint density at radius 3 is 2.71 bits per heavy atom. The Bertz CT molecular complexity index is 323. The fourth-order valence-electron chi connectivity index (χ4n) is 1.38. The third-order valence-corrected chi connectivity index (χ3v) is 2.20. The topological polar surface area (TPSA) is 56.1 Å². The summed E-state index contributed by atoms with van der Waals surface area (Å²) in [6.07, 6.45) is 0. The van der Waals surface area contributed by atoms with Crippen LogP contribution in [0.1, 0.15) is 12.5 Å². The molecule has 0 aliphatic rings. The molecule has 0 aromatic heterocycles. The van der Waals surface area contributed by atoms with Crippen LogP contribution in [0.2, 0.25) is 0 Å². The number of phenols is 1. The number of nitrogens with one attached hydrogen (secondary N) is 2. The van der Waals surface area contributed by atoms with E-state index in [1.165, 1.54) is 0 Å². The fourth-order valence-corrected chi connectivity index (χ4v) is 1.38. The van der Waals surface area contributed by atoms with E-state index in [2.05, 4.69) is 5.32 Å². The third kappa shape index (κ3) is 2.33. The van der Waals surface area contributed by atoms with Gasteiger partial charge in [0.05, 0.1) is 0 Å². The normalized spacial score (nSPS) is 12.4. The highest BCUT2D eigenvalue weighted by Gasteiger charge is 2.12. The predicted octanol–water partition coefficient (Wildman–Crippen LogP) is 1.62. The molecular formula is C11H16N2O. The molecule has 0 spiro atoms. The van der Waals surface area contributed by atoms with Crippen LogP contribution in [0, 0.1) is 11.3 Å². The second-order valence-corrected chi connectivity index (χ2v) is 3.39.